The average molecular weight is 565 g/mol. The van der Waals surface area contributed by atoms with Crippen LogP contribution in [0.15, 0.2) is 54.1 Å². The molecule has 1 aliphatic rings. The van der Waals surface area contributed by atoms with Gasteiger partial charge in [-0.1, -0.05) is 36.8 Å². The Balaban J connectivity index is 1.85. The van der Waals surface area contributed by atoms with Crippen molar-refractivity contribution in [3.8, 4) is 11.5 Å². The SMILES string of the molecule is CCCCOc1cccc(C2/C(=C(\O)c3ccc(OCC)cc3)C(=O)C(=O)N2c2nc(C)c(C(=O)OCC)s2)c1. The fourth-order valence-electron chi connectivity index (χ4n) is 4.36. The quantitative estimate of drug-likeness (QED) is 0.102. The highest BCUT2D eigenvalue weighted by atomic mass is 32.1. The summed E-state index contributed by atoms with van der Waals surface area (Å²) in [6, 6.07) is 12.7. The molecule has 1 aromatic heterocycles. The average Bonchev–Trinajstić information content (AvgIpc) is 3.46. The van der Waals surface area contributed by atoms with Gasteiger partial charge >= 0.3 is 11.9 Å². The molecule has 0 radical (unpaired) electrons. The van der Waals surface area contributed by atoms with Crippen LogP contribution >= 0.6 is 11.3 Å². The number of anilines is 1. The number of unbranched alkanes of at least 4 members (excludes halogenated alkanes) is 1. The van der Waals surface area contributed by atoms with Gasteiger partial charge in [-0.25, -0.2) is 9.78 Å². The van der Waals surface area contributed by atoms with Crippen LogP contribution in [0.3, 0.4) is 0 Å². The highest BCUT2D eigenvalue weighted by molar-refractivity contribution is 7.17. The molecule has 0 aliphatic carbocycles. The summed E-state index contributed by atoms with van der Waals surface area (Å²) < 4.78 is 16.5. The Morgan fingerprint density at radius 1 is 1.02 bits per heavy atom. The van der Waals surface area contributed by atoms with E-state index in [-0.39, 0.29) is 27.9 Å². The molecule has 1 aliphatic heterocycles. The second kappa shape index (κ2) is 12.8. The predicted octanol–water partition coefficient (Wildman–Crippen LogP) is 5.83. The molecule has 1 unspecified atom stereocenters. The monoisotopic (exact) mass is 564 g/mol. The number of aromatic nitrogens is 1. The summed E-state index contributed by atoms with van der Waals surface area (Å²) in [5, 5.41) is 11.6. The topological polar surface area (TPSA) is 115 Å². The van der Waals surface area contributed by atoms with E-state index in [0.29, 0.717) is 41.5 Å². The number of hydrogen-bond acceptors (Lipinski definition) is 9. The van der Waals surface area contributed by atoms with Crippen molar-refractivity contribution in [2.24, 2.45) is 0 Å². The first-order valence-corrected chi connectivity index (χ1v) is 14.0. The van der Waals surface area contributed by atoms with Crippen molar-refractivity contribution >= 4 is 39.9 Å². The molecule has 0 saturated carbocycles. The minimum Gasteiger partial charge on any atom is -0.507 e. The van der Waals surface area contributed by atoms with Crippen molar-refractivity contribution in [1.82, 2.24) is 4.98 Å². The third-order valence-electron chi connectivity index (χ3n) is 6.28. The summed E-state index contributed by atoms with van der Waals surface area (Å²) in [5.74, 6) is -1.43. The number of esters is 1. The molecule has 2 heterocycles. The Bertz CT molecular complexity index is 1430. The fraction of sp³-hybridized carbons (Fsp3) is 0.333. The largest absolute Gasteiger partial charge is 0.507 e. The van der Waals surface area contributed by atoms with Crippen LogP contribution in [0.25, 0.3) is 5.76 Å². The second-order valence-corrected chi connectivity index (χ2v) is 10.0. The first kappa shape index (κ1) is 28.8. The van der Waals surface area contributed by atoms with Crippen LogP contribution in [0.1, 0.15) is 66.1 Å². The number of Topliss-reactive ketones (excluding diaryl/α,β-unsaturated/α-hetero) is 1. The number of aliphatic hydroxyl groups excluding tert-OH is 1. The second-order valence-electron chi connectivity index (χ2n) is 9.03. The van der Waals surface area contributed by atoms with Crippen LogP contribution in [-0.2, 0) is 14.3 Å². The number of ether oxygens (including phenoxy) is 3. The fourth-order valence-corrected chi connectivity index (χ4v) is 5.34. The number of carbonyl (C=O) groups is 3. The minimum atomic E-state index is -1.01. The number of thiazole rings is 1. The summed E-state index contributed by atoms with van der Waals surface area (Å²) in [7, 11) is 0. The van der Waals surface area contributed by atoms with Gasteiger partial charge in [0.25, 0.3) is 5.78 Å². The number of carbonyl (C=O) groups excluding carboxylic acids is 3. The number of hydrogen-bond donors (Lipinski definition) is 1. The van der Waals surface area contributed by atoms with E-state index in [1.165, 1.54) is 4.90 Å². The molecule has 1 fully saturated rings. The molecule has 40 heavy (non-hydrogen) atoms. The molecular formula is C30H32N2O7S. The van der Waals surface area contributed by atoms with Crippen LogP contribution in [0.5, 0.6) is 11.5 Å². The summed E-state index contributed by atoms with van der Waals surface area (Å²) in [6.07, 6.45) is 1.84. The number of aliphatic hydroxyl groups is 1. The number of ketones is 1. The molecule has 0 bridgehead atoms. The lowest BCUT2D eigenvalue weighted by molar-refractivity contribution is -0.132. The van der Waals surface area contributed by atoms with Gasteiger partial charge in [0.1, 0.15) is 22.1 Å². The Morgan fingerprint density at radius 2 is 1.77 bits per heavy atom. The van der Waals surface area contributed by atoms with Crippen LogP contribution in [0, 0.1) is 6.92 Å². The third kappa shape index (κ3) is 5.86. The van der Waals surface area contributed by atoms with Gasteiger partial charge in [-0.3, -0.25) is 14.5 Å². The maximum atomic E-state index is 13.5. The van der Waals surface area contributed by atoms with Crippen LogP contribution in [0.4, 0.5) is 5.13 Å². The van der Waals surface area contributed by atoms with Crippen molar-refractivity contribution in [3.05, 3.63) is 75.8 Å². The molecule has 0 spiro atoms. The Morgan fingerprint density at radius 3 is 2.45 bits per heavy atom. The van der Waals surface area contributed by atoms with E-state index < -0.39 is 23.7 Å². The van der Waals surface area contributed by atoms with Crippen LogP contribution in [-0.4, -0.2) is 47.6 Å². The van der Waals surface area contributed by atoms with Crippen molar-refractivity contribution in [2.75, 3.05) is 24.7 Å². The Kier molecular flexibility index (Phi) is 9.21. The first-order chi connectivity index (χ1) is 19.3. The molecule has 210 valence electrons. The molecule has 9 nitrogen and oxygen atoms in total. The molecule has 10 heteroatoms. The maximum Gasteiger partial charge on any atom is 0.350 e. The van der Waals surface area contributed by atoms with E-state index in [2.05, 4.69) is 11.9 Å². The zero-order valence-electron chi connectivity index (χ0n) is 22.9. The first-order valence-electron chi connectivity index (χ1n) is 13.2. The number of amides is 1. The van der Waals surface area contributed by atoms with Crippen molar-refractivity contribution in [3.63, 3.8) is 0 Å². The minimum absolute atomic E-state index is 0.0922. The highest BCUT2D eigenvalue weighted by Crippen LogP contribution is 2.44. The molecular weight excluding hydrogens is 532 g/mol. The summed E-state index contributed by atoms with van der Waals surface area (Å²) in [4.78, 5) is 45.4. The van der Waals surface area contributed by atoms with E-state index >= 15 is 0 Å². The number of rotatable bonds is 11. The standard InChI is InChI=1S/C30H32N2O7S/c1-5-8-16-39-22-11-9-10-20(17-22)24-23(25(33)19-12-14-21(15-13-19)37-6-2)26(34)28(35)32(24)30-31-18(4)27(40-30)29(36)38-7-3/h9-15,17,24,33H,5-8,16H2,1-4H3/b25-23+. The molecule has 1 atom stereocenters. The Hall–Kier alpha value is -4.18. The van der Waals surface area contributed by atoms with Gasteiger partial charge in [-0.2, -0.15) is 0 Å². The summed E-state index contributed by atoms with van der Waals surface area (Å²) in [5.41, 5.74) is 1.18. The molecule has 2 aromatic carbocycles. The van der Waals surface area contributed by atoms with Gasteiger partial charge in [-0.05, 0) is 69.2 Å². The molecule has 1 amide bonds. The molecule has 4 rings (SSSR count). The zero-order valence-corrected chi connectivity index (χ0v) is 23.7. The van der Waals surface area contributed by atoms with E-state index in [1.807, 2.05) is 6.92 Å². The van der Waals surface area contributed by atoms with E-state index in [0.717, 1.165) is 24.2 Å². The van der Waals surface area contributed by atoms with Crippen molar-refractivity contribution < 1.29 is 33.7 Å². The smallest absolute Gasteiger partial charge is 0.350 e. The molecule has 3 aromatic rings. The van der Waals surface area contributed by atoms with Crippen molar-refractivity contribution in [1.29, 1.82) is 0 Å². The number of benzene rings is 2. The van der Waals surface area contributed by atoms with E-state index in [1.54, 1.807) is 62.4 Å². The number of nitrogens with zero attached hydrogens (tertiary/aromatic N) is 2. The van der Waals surface area contributed by atoms with Gasteiger partial charge in [0, 0.05) is 5.56 Å². The number of aryl methyl sites for hydroxylation is 1. The molecule has 1 saturated heterocycles. The highest BCUT2D eigenvalue weighted by Gasteiger charge is 2.48. The zero-order chi connectivity index (χ0) is 28.8. The Labute approximate surface area is 237 Å². The van der Waals surface area contributed by atoms with Crippen molar-refractivity contribution in [2.45, 2.75) is 46.6 Å². The van der Waals surface area contributed by atoms with Gasteiger partial charge in [0.15, 0.2) is 5.13 Å². The maximum absolute atomic E-state index is 13.5. The lowest BCUT2D eigenvalue weighted by Gasteiger charge is -2.23. The van der Waals surface area contributed by atoms with E-state index in [9.17, 15) is 19.5 Å². The third-order valence-corrected chi connectivity index (χ3v) is 7.41. The van der Waals surface area contributed by atoms with Gasteiger partial charge in [0.2, 0.25) is 0 Å². The summed E-state index contributed by atoms with van der Waals surface area (Å²) >= 11 is 0.962. The van der Waals surface area contributed by atoms with Gasteiger partial charge < -0.3 is 19.3 Å². The summed E-state index contributed by atoms with van der Waals surface area (Å²) in [6.45, 7) is 8.44. The molecule has 1 N–H and O–H groups in total. The normalized spacial score (nSPS) is 16.3. The lowest BCUT2D eigenvalue weighted by atomic mass is 9.95. The lowest BCUT2D eigenvalue weighted by Crippen LogP contribution is -2.29. The van der Waals surface area contributed by atoms with Crippen LogP contribution in [0.2, 0.25) is 0 Å². The predicted molar refractivity (Wildman–Crippen MR) is 152 cm³/mol. The van der Waals surface area contributed by atoms with Gasteiger partial charge in [0.05, 0.1) is 37.1 Å². The van der Waals surface area contributed by atoms with Crippen LogP contribution < -0.4 is 14.4 Å². The van der Waals surface area contributed by atoms with Gasteiger partial charge in [-0.15, -0.1) is 0 Å². The van der Waals surface area contributed by atoms with E-state index in [4.69, 9.17) is 14.2 Å².